The second kappa shape index (κ2) is 54.6. The fraction of sp³-hybridized carbons (Fsp3) is 0.561. The lowest BCUT2D eigenvalue weighted by atomic mass is 10.1. The lowest BCUT2D eigenvalue weighted by molar-refractivity contribution is -0.870. The highest BCUT2D eigenvalue weighted by Gasteiger charge is 2.27. The van der Waals surface area contributed by atoms with E-state index in [2.05, 4.69) is 177 Å². The van der Waals surface area contributed by atoms with Crippen LogP contribution in [0.25, 0.3) is 0 Å². The Bertz CT molecular complexity index is 1820. The zero-order chi connectivity index (χ0) is 54.9. The van der Waals surface area contributed by atoms with Gasteiger partial charge in [0.05, 0.1) is 39.9 Å². The monoisotopic (exact) mass is 1060 g/mol. The molecule has 0 radical (unpaired) electrons. The number of carbonyl (C=O) groups excluding carboxylic acids is 1. The summed E-state index contributed by atoms with van der Waals surface area (Å²) in [6.45, 7) is 4.60. The predicted molar refractivity (Wildman–Crippen MR) is 327 cm³/mol. The van der Waals surface area contributed by atoms with E-state index in [0.717, 1.165) is 122 Å². The van der Waals surface area contributed by atoms with Crippen LogP contribution in [0.3, 0.4) is 0 Å². The summed E-state index contributed by atoms with van der Waals surface area (Å²) in [6.07, 6.45) is 87.5. The summed E-state index contributed by atoms with van der Waals surface area (Å²) in [4.78, 5) is 23.3. The maximum absolute atomic E-state index is 13.0. The maximum atomic E-state index is 13.0. The van der Waals surface area contributed by atoms with Crippen molar-refractivity contribution in [3.63, 3.8) is 0 Å². The zero-order valence-electron chi connectivity index (χ0n) is 48.0. The van der Waals surface area contributed by atoms with E-state index in [4.69, 9.17) is 9.05 Å². The molecule has 3 atom stereocenters. The van der Waals surface area contributed by atoms with Crippen LogP contribution in [0.1, 0.15) is 187 Å². The number of allylic oxidation sites excluding steroid dienone is 27. The zero-order valence-corrected chi connectivity index (χ0v) is 48.8. The molecule has 0 rings (SSSR count). The van der Waals surface area contributed by atoms with Crippen molar-refractivity contribution in [3.05, 3.63) is 170 Å². The van der Waals surface area contributed by atoms with E-state index in [9.17, 15) is 19.4 Å². The van der Waals surface area contributed by atoms with Gasteiger partial charge in [-0.05, 0) is 128 Å². The molecular weight excluding hydrogens is 948 g/mol. The molecule has 0 aromatic rings. The average Bonchev–Trinajstić information content (AvgIpc) is 3.37. The van der Waals surface area contributed by atoms with Crippen LogP contribution in [0.4, 0.5) is 0 Å². The number of nitrogens with one attached hydrogen (secondary N) is 1. The van der Waals surface area contributed by atoms with Crippen LogP contribution in [-0.4, -0.2) is 73.4 Å². The molecular formula is C66H108N2O6P+. The number of unbranched alkanes of at least 4 members (excludes halogenated alkanes) is 11. The van der Waals surface area contributed by atoms with E-state index >= 15 is 0 Å². The molecule has 0 heterocycles. The summed E-state index contributed by atoms with van der Waals surface area (Å²) in [5.74, 6) is -0.231. The van der Waals surface area contributed by atoms with E-state index in [0.29, 0.717) is 23.9 Å². The van der Waals surface area contributed by atoms with Crippen LogP contribution in [0.2, 0.25) is 0 Å². The number of hydrogen-bond donors (Lipinski definition) is 3. The molecule has 9 heteroatoms. The van der Waals surface area contributed by atoms with Crippen LogP contribution in [0.15, 0.2) is 170 Å². The van der Waals surface area contributed by atoms with Crippen LogP contribution in [0, 0.1) is 0 Å². The molecule has 0 spiro atoms. The third kappa shape index (κ3) is 57.4. The van der Waals surface area contributed by atoms with Gasteiger partial charge >= 0.3 is 7.82 Å². The van der Waals surface area contributed by atoms with Crippen molar-refractivity contribution in [2.24, 2.45) is 0 Å². The molecule has 0 aromatic heterocycles. The molecule has 0 aromatic carbocycles. The van der Waals surface area contributed by atoms with Crippen molar-refractivity contribution in [2.45, 2.75) is 199 Å². The first-order valence-corrected chi connectivity index (χ1v) is 30.5. The molecule has 0 aliphatic heterocycles. The number of carbonyl (C=O) groups is 1. The number of rotatable bonds is 50. The van der Waals surface area contributed by atoms with E-state index in [1.54, 1.807) is 6.08 Å². The quantitative estimate of drug-likeness (QED) is 0.0243. The normalized spacial score (nSPS) is 15.1. The predicted octanol–water partition coefficient (Wildman–Crippen LogP) is 18.0. The summed E-state index contributed by atoms with van der Waals surface area (Å²) in [6, 6.07) is -0.901. The van der Waals surface area contributed by atoms with Gasteiger partial charge in [0, 0.05) is 6.42 Å². The third-order valence-corrected chi connectivity index (χ3v) is 12.6. The number of hydrogen-bond acceptors (Lipinski definition) is 5. The van der Waals surface area contributed by atoms with Gasteiger partial charge in [0.2, 0.25) is 5.91 Å². The lowest BCUT2D eigenvalue weighted by Crippen LogP contribution is -2.45. The number of likely N-dealkylation sites (N-methyl/N-ethyl adjacent to an activating group) is 1. The van der Waals surface area contributed by atoms with Crippen LogP contribution in [0.5, 0.6) is 0 Å². The Kier molecular flexibility index (Phi) is 51.6. The van der Waals surface area contributed by atoms with Crippen molar-refractivity contribution in [3.8, 4) is 0 Å². The number of aliphatic hydroxyl groups excluding tert-OH is 1. The molecule has 75 heavy (non-hydrogen) atoms. The fourth-order valence-electron chi connectivity index (χ4n) is 7.13. The molecule has 0 saturated heterocycles. The highest BCUT2D eigenvalue weighted by molar-refractivity contribution is 7.47. The largest absolute Gasteiger partial charge is 0.472 e. The van der Waals surface area contributed by atoms with Crippen molar-refractivity contribution >= 4 is 13.7 Å². The molecule has 0 aliphatic carbocycles. The number of aliphatic hydroxyl groups is 1. The molecule has 0 bridgehead atoms. The first-order valence-electron chi connectivity index (χ1n) is 29.0. The van der Waals surface area contributed by atoms with Crippen molar-refractivity contribution < 1.29 is 32.9 Å². The number of quaternary nitrogens is 1. The average molecular weight is 1060 g/mol. The van der Waals surface area contributed by atoms with Crippen molar-refractivity contribution in [2.75, 3.05) is 40.9 Å². The third-order valence-electron chi connectivity index (χ3n) is 11.6. The van der Waals surface area contributed by atoms with Crippen molar-refractivity contribution in [1.29, 1.82) is 0 Å². The molecule has 0 aliphatic rings. The first-order chi connectivity index (χ1) is 36.5. The standard InChI is InChI=1S/C66H107N2O6P/c1-6-8-10-12-14-16-18-20-22-24-25-26-27-28-29-30-31-32-33-34-35-36-37-38-39-40-41-42-43-44-46-48-50-52-54-56-58-60-66(70)67-64(63-74-75(71,72)73-62-61-68(3,4)5)65(69)59-57-55-53-51-49-47-45-23-21-19-17-15-13-11-9-7-2/h8,10,14,16,20-23,25-26,28-29,31-32,34-35,37-38,40-41,43-44,48-51,57,59,64-65,69H,6-7,9,11-13,15,17-19,24,27,30,33,36,39,42,45-47,52-56,58,60-63H2,1-5H3,(H-,67,70,71,72)/p+1/b10-8-,16-14-,22-20-,23-21+,26-25-,29-28-,32-31-,35-34-,38-37-,41-40-,44-43-,50-48-,51-49+,59-57+. The fourth-order valence-corrected chi connectivity index (χ4v) is 7.87. The first kappa shape index (κ1) is 70.9. The lowest BCUT2D eigenvalue weighted by Gasteiger charge is -2.25. The van der Waals surface area contributed by atoms with E-state index in [-0.39, 0.29) is 19.1 Å². The second-order valence-corrected chi connectivity index (χ2v) is 21.4. The minimum Gasteiger partial charge on any atom is -0.387 e. The van der Waals surface area contributed by atoms with Crippen LogP contribution >= 0.6 is 7.82 Å². The van der Waals surface area contributed by atoms with Gasteiger partial charge in [-0.15, -0.1) is 0 Å². The number of phosphoric acid groups is 1. The molecule has 8 nitrogen and oxygen atoms in total. The highest BCUT2D eigenvalue weighted by atomic mass is 31.2. The van der Waals surface area contributed by atoms with Gasteiger partial charge in [-0.1, -0.05) is 223 Å². The molecule has 3 unspecified atom stereocenters. The van der Waals surface area contributed by atoms with Gasteiger partial charge in [-0.3, -0.25) is 13.8 Å². The summed E-state index contributed by atoms with van der Waals surface area (Å²) < 4.78 is 23.6. The Balaban J connectivity index is 4.33. The molecule has 3 N–H and O–H groups in total. The van der Waals surface area contributed by atoms with Gasteiger partial charge in [0.1, 0.15) is 13.2 Å². The number of nitrogens with zero attached hydrogens (tertiary/aromatic N) is 1. The van der Waals surface area contributed by atoms with Gasteiger partial charge < -0.3 is 19.8 Å². The van der Waals surface area contributed by atoms with Crippen LogP contribution < -0.4 is 5.32 Å². The summed E-state index contributed by atoms with van der Waals surface area (Å²) in [5, 5.41) is 13.8. The minimum atomic E-state index is -4.38. The Morgan fingerprint density at radius 3 is 1.23 bits per heavy atom. The topological polar surface area (TPSA) is 105 Å². The Morgan fingerprint density at radius 2 is 0.813 bits per heavy atom. The van der Waals surface area contributed by atoms with Gasteiger partial charge in [-0.2, -0.15) is 0 Å². The molecule has 0 fully saturated rings. The SMILES string of the molecule is CC/C=C\C/C=C\C/C=C\C/C=C\C/C=C\C/C=C\C/C=C\C/C=C\C/C=C\C/C=C\C/C=C\CCCCCC(=O)NC(COP(=O)(O)OCC[N+](C)(C)C)C(O)/C=C/CC/C=C/CC/C=C/CCCCCCCC. The van der Waals surface area contributed by atoms with Gasteiger partial charge in [0.15, 0.2) is 0 Å². The summed E-state index contributed by atoms with van der Waals surface area (Å²) in [5.41, 5.74) is 0. The smallest absolute Gasteiger partial charge is 0.387 e. The maximum Gasteiger partial charge on any atom is 0.472 e. The molecule has 422 valence electrons. The van der Waals surface area contributed by atoms with Crippen LogP contribution in [-0.2, 0) is 18.4 Å². The number of phosphoric ester groups is 1. The van der Waals surface area contributed by atoms with E-state index in [1.807, 2.05) is 27.2 Å². The number of amides is 1. The Hall–Kier alpha value is -4.14. The Morgan fingerprint density at radius 1 is 0.467 bits per heavy atom. The highest BCUT2D eigenvalue weighted by Crippen LogP contribution is 2.43. The second-order valence-electron chi connectivity index (χ2n) is 19.9. The summed E-state index contributed by atoms with van der Waals surface area (Å²) >= 11 is 0. The van der Waals surface area contributed by atoms with Gasteiger partial charge in [0.25, 0.3) is 0 Å². The molecule has 0 saturated carbocycles. The Labute approximate surface area is 460 Å². The summed E-state index contributed by atoms with van der Waals surface area (Å²) in [7, 11) is 1.49. The van der Waals surface area contributed by atoms with Crippen molar-refractivity contribution in [1.82, 2.24) is 5.32 Å². The minimum absolute atomic E-state index is 0.0368. The van der Waals surface area contributed by atoms with E-state index < -0.39 is 20.0 Å². The van der Waals surface area contributed by atoms with Gasteiger partial charge in [-0.25, -0.2) is 4.57 Å². The molecule has 1 amide bonds. The van der Waals surface area contributed by atoms with E-state index in [1.165, 1.54) is 38.5 Å².